The predicted octanol–water partition coefficient (Wildman–Crippen LogP) is 2.14. The Labute approximate surface area is 163 Å². The molecule has 2 aliphatic heterocycles. The van der Waals surface area contributed by atoms with Crippen molar-refractivity contribution >= 4 is 10.0 Å². The maximum absolute atomic E-state index is 13.6. The van der Waals surface area contributed by atoms with Gasteiger partial charge in [0, 0.05) is 19.6 Å². The lowest BCUT2D eigenvalue weighted by Crippen LogP contribution is -2.32. The van der Waals surface area contributed by atoms with Crippen molar-refractivity contribution in [2.75, 3.05) is 19.6 Å². The van der Waals surface area contributed by atoms with Crippen molar-refractivity contribution in [2.45, 2.75) is 50.2 Å². The average Bonchev–Trinajstić information content (AvgIpc) is 2.92. The third-order valence-corrected chi connectivity index (χ3v) is 7.21. The molecule has 1 aromatic carbocycles. The molecular weight excluding hydrogens is 388 g/mol. The van der Waals surface area contributed by atoms with Crippen molar-refractivity contribution in [2.24, 2.45) is 0 Å². The van der Waals surface area contributed by atoms with Gasteiger partial charge in [-0.25, -0.2) is 21.9 Å². The minimum atomic E-state index is -3.95. The van der Waals surface area contributed by atoms with Gasteiger partial charge in [0.25, 0.3) is 0 Å². The third-order valence-electron chi connectivity index (χ3n) is 5.37. The number of rotatable bonds is 4. The number of fused-ring (bicyclic) bond motifs is 1. The Kier molecular flexibility index (Phi) is 5.44. The van der Waals surface area contributed by atoms with E-state index in [0.29, 0.717) is 19.5 Å². The minimum absolute atomic E-state index is 0.123. The maximum Gasteiger partial charge on any atom is 0.243 e. The van der Waals surface area contributed by atoms with Crippen LogP contribution in [0, 0.1) is 11.6 Å². The van der Waals surface area contributed by atoms with E-state index in [1.165, 1.54) is 10.7 Å². The molecule has 1 saturated heterocycles. The fourth-order valence-corrected chi connectivity index (χ4v) is 5.26. The van der Waals surface area contributed by atoms with Crippen molar-refractivity contribution in [3.8, 4) is 0 Å². The molecule has 0 amide bonds. The second-order valence-corrected chi connectivity index (χ2v) is 9.25. The summed E-state index contributed by atoms with van der Waals surface area (Å²) in [5.41, 5.74) is 1.56. The van der Waals surface area contributed by atoms with Crippen molar-refractivity contribution in [1.29, 1.82) is 0 Å². The monoisotopic (exact) mass is 411 g/mol. The summed E-state index contributed by atoms with van der Waals surface area (Å²) in [7, 11) is -3.95. The van der Waals surface area contributed by atoms with Crippen molar-refractivity contribution in [3.05, 3.63) is 41.2 Å². The SMILES string of the molecule is O=S(=O)(c1ccc(F)c(F)c1)N1CCCn2nnc(CN3CCCCC3)c2C1. The molecule has 0 atom stereocenters. The molecule has 0 unspecified atom stereocenters. The number of piperidine rings is 1. The van der Waals surface area contributed by atoms with E-state index in [9.17, 15) is 17.2 Å². The molecule has 1 fully saturated rings. The van der Waals surface area contributed by atoms with Gasteiger partial charge in [-0.1, -0.05) is 11.6 Å². The topological polar surface area (TPSA) is 71.3 Å². The van der Waals surface area contributed by atoms with Crippen molar-refractivity contribution in [1.82, 2.24) is 24.2 Å². The first-order chi connectivity index (χ1) is 13.4. The Bertz CT molecular complexity index is 957. The van der Waals surface area contributed by atoms with Crippen LogP contribution in [-0.2, 0) is 29.7 Å². The zero-order valence-corrected chi connectivity index (χ0v) is 16.3. The van der Waals surface area contributed by atoms with E-state index in [1.54, 1.807) is 4.68 Å². The van der Waals surface area contributed by atoms with E-state index < -0.39 is 21.7 Å². The van der Waals surface area contributed by atoms with Crippen LogP contribution in [0.25, 0.3) is 0 Å². The van der Waals surface area contributed by atoms with E-state index in [1.807, 2.05) is 0 Å². The van der Waals surface area contributed by atoms with Gasteiger partial charge in [-0.15, -0.1) is 5.10 Å². The van der Waals surface area contributed by atoms with Crippen LogP contribution in [0.2, 0.25) is 0 Å². The van der Waals surface area contributed by atoms with Crippen LogP contribution in [0.3, 0.4) is 0 Å². The Hall–Kier alpha value is -1.91. The van der Waals surface area contributed by atoms with Gasteiger partial charge in [-0.05, 0) is 50.6 Å². The maximum atomic E-state index is 13.6. The summed E-state index contributed by atoms with van der Waals surface area (Å²) in [6.07, 6.45) is 4.11. The van der Waals surface area contributed by atoms with E-state index in [-0.39, 0.29) is 18.0 Å². The van der Waals surface area contributed by atoms with Crippen LogP contribution >= 0.6 is 0 Å². The van der Waals surface area contributed by atoms with Gasteiger partial charge in [0.05, 0.1) is 17.1 Å². The molecule has 0 spiro atoms. The van der Waals surface area contributed by atoms with Gasteiger partial charge in [-0.3, -0.25) is 4.90 Å². The highest BCUT2D eigenvalue weighted by atomic mass is 32.2. The molecule has 3 heterocycles. The molecule has 152 valence electrons. The first-order valence-corrected chi connectivity index (χ1v) is 11.0. The lowest BCUT2D eigenvalue weighted by molar-refractivity contribution is 0.217. The third kappa shape index (κ3) is 3.81. The molecule has 0 N–H and O–H groups in total. The number of aromatic nitrogens is 3. The minimum Gasteiger partial charge on any atom is -0.297 e. The first-order valence-electron chi connectivity index (χ1n) is 9.54. The molecule has 2 aliphatic rings. The predicted molar refractivity (Wildman–Crippen MR) is 97.7 cm³/mol. The van der Waals surface area contributed by atoms with Crippen LogP contribution in [0.15, 0.2) is 23.1 Å². The number of benzene rings is 1. The van der Waals surface area contributed by atoms with Gasteiger partial charge in [0.2, 0.25) is 10.0 Å². The molecule has 0 aliphatic carbocycles. The second-order valence-electron chi connectivity index (χ2n) is 7.31. The number of hydrogen-bond donors (Lipinski definition) is 0. The van der Waals surface area contributed by atoms with Crippen LogP contribution in [0.4, 0.5) is 8.78 Å². The molecule has 0 saturated carbocycles. The molecule has 10 heteroatoms. The molecule has 0 bridgehead atoms. The van der Waals surface area contributed by atoms with E-state index >= 15 is 0 Å². The number of halogens is 2. The normalized spacial score (nSPS) is 19.4. The summed E-state index contributed by atoms with van der Waals surface area (Å²) in [6.45, 7) is 3.64. The zero-order chi connectivity index (χ0) is 19.7. The van der Waals surface area contributed by atoms with Crippen molar-refractivity contribution in [3.63, 3.8) is 0 Å². The number of aryl methyl sites for hydroxylation is 1. The van der Waals surface area contributed by atoms with Crippen LogP contribution in [-0.4, -0.2) is 52.3 Å². The summed E-state index contributed by atoms with van der Waals surface area (Å²) in [6, 6.07) is 2.68. The number of nitrogens with zero attached hydrogens (tertiary/aromatic N) is 5. The van der Waals surface area contributed by atoms with Gasteiger partial charge in [-0.2, -0.15) is 4.31 Å². The number of sulfonamides is 1. The zero-order valence-electron chi connectivity index (χ0n) is 15.5. The molecule has 1 aromatic heterocycles. The van der Waals surface area contributed by atoms with Crippen LogP contribution in [0.5, 0.6) is 0 Å². The summed E-state index contributed by atoms with van der Waals surface area (Å²) in [5.74, 6) is -2.24. The quantitative estimate of drug-likeness (QED) is 0.771. The van der Waals surface area contributed by atoms with Gasteiger partial charge >= 0.3 is 0 Å². The summed E-state index contributed by atoms with van der Waals surface area (Å²) in [4.78, 5) is 2.07. The number of likely N-dealkylation sites (tertiary alicyclic amines) is 1. The van der Waals surface area contributed by atoms with Crippen molar-refractivity contribution < 1.29 is 17.2 Å². The second kappa shape index (κ2) is 7.84. The van der Waals surface area contributed by atoms with Gasteiger partial charge in [0.1, 0.15) is 5.69 Å². The lowest BCUT2D eigenvalue weighted by Gasteiger charge is -2.26. The van der Waals surface area contributed by atoms with Crippen LogP contribution < -0.4 is 0 Å². The average molecular weight is 411 g/mol. The highest BCUT2D eigenvalue weighted by Crippen LogP contribution is 2.24. The fraction of sp³-hybridized carbons (Fsp3) is 0.556. The molecule has 0 radical (unpaired) electrons. The van der Waals surface area contributed by atoms with Gasteiger partial charge < -0.3 is 0 Å². The standard InChI is InChI=1S/C18H23F2N5O2S/c19-15-6-5-14(11-16(15)20)28(26,27)24-9-4-10-25-18(13-24)17(21-22-25)12-23-7-2-1-3-8-23/h5-6,11H,1-4,7-10,12-13H2. The number of hydrogen-bond acceptors (Lipinski definition) is 5. The Balaban J connectivity index is 1.60. The Morgan fingerprint density at radius 3 is 2.50 bits per heavy atom. The van der Waals surface area contributed by atoms with E-state index in [0.717, 1.165) is 55.5 Å². The molecule has 7 nitrogen and oxygen atoms in total. The largest absolute Gasteiger partial charge is 0.297 e. The lowest BCUT2D eigenvalue weighted by atomic mass is 10.1. The van der Waals surface area contributed by atoms with E-state index in [2.05, 4.69) is 15.2 Å². The van der Waals surface area contributed by atoms with Gasteiger partial charge in [0.15, 0.2) is 11.6 Å². The molecule has 28 heavy (non-hydrogen) atoms. The highest BCUT2D eigenvalue weighted by Gasteiger charge is 2.30. The first kappa shape index (κ1) is 19.4. The summed E-state index contributed by atoms with van der Waals surface area (Å²) < 4.78 is 55.9. The Morgan fingerprint density at radius 2 is 1.75 bits per heavy atom. The summed E-state index contributed by atoms with van der Waals surface area (Å²) in [5, 5.41) is 8.49. The highest BCUT2D eigenvalue weighted by molar-refractivity contribution is 7.89. The van der Waals surface area contributed by atoms with Crippen LogP contribution in [0.1, 0.15) is 37.1 Å². The summed E-state index contributed by atoms with van der Waals surface area (Å²) >= 11 is 0. The van der Waals surface area contributed by atoms with E-state index in [4.69, 9.17) is 0 Å². The Morgan fingerprint density at radius 1 is 0.964 bits per heavy atom. The molecule has 4 rings (SSSR count). The smallest absolute Gasteiger partial charge is 0.243 e. The fourth-order valence-electron chi connectivity index (χ4n) is 3.81. The molecule has 2 aromatic rings. The molecular formula is C18H23F2N5O2S.